The molecule has 20 heavy (non-hydrogen) atoms. The second-order valence-electron chi connectivity index (χ2n) is 4.95. The summed E-state index contributed by atoms with van der Waals surface area (Å²) in [4.78, 5) is 12.2. The van der Waals surface area contributed by atoms with E-state index in [4.69, 9.17) is 0 Å². The van der Waals surface area contributed by atoms with Crippen molar-refractivity contribution in [3.63, 3.8) is 0 Å². The lowest BCUT2D eigenvalue weighted by molar-refractivity contribution is -0.120. The monoisotopic (exact) mass is 297 g/mol. The van der Waals surface area contributed by atoms with Gasteiger partial charge in [0.25, 0.3) is 0 Å². The van der Waals surface area contributed by atoms with E-state index in [1.165, 1.54) is 0 Å². The summed E-state index contributed by atoms with van der Waals surface area (Å²) in [6.45, 7) is 1.60. The maximum Gasteiger partial charge on any atom is 0.229 e. The maximum atomic E-state index is 12.2. The zero-order valence-corrected chi connectivity index (χ0v) is 12.2. The van der Waals surface area contributed by atoms with E-state index in [9.17, 15) is 13.2 Å². The van der Waals surface area contributed by atoms with Crippen molar-refractivity contribution in [2.75, 3.05) is 29.4 Å². The van der Waals surface area contributed by atoms with E-state index >= 15 is 0 Å². The summed E-state index contributed by atoms with van der Waals surface area (Å²) < 4.78 is 25.0. The molecule has 110 valence electrons. The predicted molar refractivity (Wildman–Crippen MR) is 79.1 cm³/mol. The molecule has 0 unspecified atom stereocenters. The summed E-state index contributed by atoms with van der Waals surface area (Å²) >= 11 is 0. The number of benzene rings is 1. The topological polar surface area (TPSA) is 87.3 Å². The second-order valence-corrected chi connectivity index (χ2v) is 6.70. The minimum atomic E-state index is -3.37. The average molecular weight is 297 g/mol. The Kier molecular flexibility index (Phi) is 4.61. The number of nitrogens with one attached hydrogen (secondary N) is 3. The summed E-state index contributed by atoms with van der Waals surface area (Å²) in [5.74, 6) is -0.157. The third-order valence-corrected chi connectivity index (χ3v) is 3.74. The molecule has 1 fully saturated rings. The van der Waals surface area contributed by atoms with Gasteiger partial charge in [0.15, 0.2) is 0 Å². The van der Waals surface area contributed by atoms with Gasteiger partial charge in [0.2, 0.25) is 15.9 Å². The molecule has 1 aliphatic rings. The van der Waals surface area contributed by atoms with Gasteiger partial charge >= 0.3 is 0 Å². The first-order valence-electron chi connectivity index (χ1n) is 6.54. The number of hydrogen-bond donors (Lipinski definition) is 3. The van der Waals surface area contributed by atoms with Crippen molar-refractivity contribution in [3.8, 4) is 0 Å². The van der Waals surface area contributed by atoms with Crippen LogP contribution >= 0.6 is 0 Å². The molecule has 1 atom stereocenters. The number of amides is 1. The predicted octanol–water partition coefficient (Wildman–Crippen LogP) is 0.996. The summed E-state index contributed by atoms with van der Waals surface area (Å²) in [6, 6.07) is 6.77. The van der Waals surface area contributed by atoms with Crippen LogP contribution in [0.15, 0.2) is 24.3 Å². The third-order valence-electron chi connectivity index (χ3n) is 3.15. The van der Waals surface area contributed by atoms with Gasteiger partial charge in [0.05, 0.1) is 23.5 Å². The normalized spacial score (nSPS) is 19.4. The Bertz CT molecular complexity index is 580. The lowest BCUT2D eigenvalue weighted by Crippen LogP contribution is -2.37. The summed E-state index contributed by atoms with van der Waals surface area (Å²) in [7, 11) is -3.37. The highest BCUT2D eigenvalue weighted by molar-refractivity contribution is 7.92. The molecule has 1 aromatic rings. The molecule has 1 heterocycles. The van der Waals surface area contributed by atoms with Gasteiger partial charge in [-0.15, -0.1) is 0 Å². The fraction of sp³-hybridized carbons (Fsp3) is 0.462. The summed E-state index contributed by atoms with van der Waals surface area (Å²) in [5.41, 5.74) is 0.862. The standard InChI is InChI=1S/C13H19N3O3S/c1-20(18,19)16-12-7-3-2-6-11(12)15-13(17)10-5-4-8-14-9-10/h2-3,6-7,10,14,16H,4-5,8-9H2,1H3,(H,15,17)/t10-/m0/s1. The van der Waals surface area contributed by atoms with Crippen LogP contribution in [0.1, 0.15) is 12.8 Å². The number of carbonyl (C=O) groups excluding carboxylic acids is 1. The second kappa shape index (κ2) is 6.23. The number of piperidine rings is 1. The number of anilines is 2. The zero-order valence-electron chi connectivity index (χ0n) is 11.3. The van der Waals surface area contributed by atoms with Crippen molar-refractivity contribution in [1.82, 2.24) is 5.32 Å². The Balaban J connectivity index is 2.10. The van der Waals surface area contributed by atoms with Crippen molar-refractivity contribution < 1.29 is 13.2 Å². The van der Waals surface area contributed by atoms with Gasteiger partial charge in [-0.05, 0) is 31.5 Å². The molecule has 1 amide bonds. The van der Waals surface area contributed by atoms with Crippen molar-refractivity contribution >= 4 is 27.3 Å². The summed E-state index contributed by atoms with van der Waals surface area (Å²) in [6.07, 6.45) is 2.90. The summed E-state index contributed by atoms with van der Waals surface area (Å²) in [5, 5.41) is 5.98. The van der Waals surface area contributed by atoms with Crippen LogP contribution in [0.5, 0.6) is 0 Å². The van der Waals surface area contributed by atoms with Crippen LogP contribution < -0.4 is 15.4 Å². The largest absolute Gasteiger partial charge is 0.324 e. The molecule has 7 heteroatoms. The molecule has 1 aromatic carbocycles. The van der Waals surface area contributed by atoms with Gasteiger partial charge in [-0.3, -0.25) is 9.52 Å². The molecule has 0 radical (unpaired) electrons. The molecule has 0 saturated carbocycles. The number of para-hydroxylation sites is 2. The highest BCUT2D eigenvalue weighted by atomic mass is 32.2. The van der Waals surface area contributed by atoms with Gasteiger partial charge < -0.3 is 10.6 Å². The van der Waals surface area contributed by atoms with E-state index in [-0.39, 0.29) is 11.8 Å². The molecule has 0 spiro atoms. The first-order valence-corrected chi connectivity index (χ1v) is 8.43. The highest BCUT2D eigenvalue weighted by Gasteiger charge is 2.21. The Morgan fingerprint density at radius 1 is 1.30 bits per heavy atom. The fourth-order valence-electron chi connectivity index (χ4n) is 2.19. The van der Waals surface area contributed by atoms with E-state index in [0.29, 0.717) is 17.9 Å². The van der Waals surface area contributed by atoms with Crippen LogP contribution in [0.3, 0.4) is 0 Å². The van der Waals surface area contributed by atoms with Gasteiger partial charge in [-0.1, -0.05) is 12.1 Å². The van der Waals surface area contributed by atoms with Gasteiger partial charge in [-0.2, -0.15) is 0 Å². The highest BCUT2D eigenvalue weighted by Crippen LogP contribution is 2.23. The lowest BCUT2D eigenvalue weighted by atomic mass is 9.99. The Labute approximate surface area is 119 Å². The van der Waals surface area contributed by atoms with E-state index in [0.717, 1.165) is 25.6 Å². The first kappa shape index (κ1) is 14.8. The molecule has 1 aliphatic heterocycles. The molecule has 3 N–H and O–H groups in total. The van der Waals surface area contributed by atoms with E-state index in [1.807, 2.05) is 0 Å². The van der Waals surface area contributed by atoms with Crippen LogP contribution in [0.2, 0.25) is 0 Å². The molecular weight excluding hydrogens is 278 g/mol. The zero-order chi connectivity index (χ0) is 14.6. The molecule has 0 aromatic heterocycles. The van der Waals surface area contributed by atoms with Gasteiger partial charge in [0.1, 0.15) is 0 Å². The number of rotatable bonds is 4. The van der Waals surface area contributed by atoms with Gasteiger partial charge in [-0.25, -0.2) is 8.42 Å². The van der Waals surface area contributed by atoms with Gasteiger partial charge in [0, 0.05) is 6.54 Å². The molecule has 2 rings (SSSR count). The molecule has 6 nitrogen and oxygen atoms in total. The molecule has 0 bridgehead atoms. The number of hydrogen-bond acceptors (Lipinski definition) is 4. The Morgan fingerprint density at radius 2 is 2.00 bits per heavy atom. The number of carbonyl (C=O) groups is 1. The van der Waals surface area contributed by atoms with Crippen LogP contribution in [0, 0.1) is 5.92 Å². The smallest absolute Gasteiger partial charge is 0.229 e. The van der Waals surface area contributed by atoms with Crippen LogP contribution in [-0.2, 0) is 14.8 Å². The van der Waals surface area contributed by atoms with Crippen LogP contribution in [0.25, 0.3) is 0 Å². The van der Waals surface area contributed by atoms with Crippen LogP contribution in [-0.4, -0.2) is 33.7 Å². The molecule has 1 saturated heterocycles. The van der Waals surface area contributed by atoms with E-state index in [1.54, 1.807) is 24.3 Å². The van der Waals surface area contributed by atoms with E-state index in [2.05, 4.69) is 15.4 Å². The van der Waals surface area contributed by atoms with Crippen molar-refractivity contribution in [1.29, 1.82) is 0 Å². The minimum absolute atomic E-state index is 0.0740. The van der Waals surface area contributed by atoms with Crippen molar-refractivity contribution in [3.05, 3.63) is 24.3 Å². The fourth-order valence-corrected chi connectivity index (χ4v) is 2.77. The molecule has 0 aliphatic carbocycles. The molecular formula is C13H19N3O3S. The van der Waals surface area contributed by atoms with E-state index < -0.39 is 10.0 Å². The minimum Gasteiger partial charge on any atom is -0.324 e. The maximum absolute atomic E-state index is 12.2. The van der Waals surface area contributed by atoms with Crippen molar-refractivity contribution in [2.45, 2.75) is 12.8 Å². The quantitative estimate of drug-likeness (QED) is 0.773. The Morgan fingerprint density at radius 3 is 2.60 bits per heavy atom. The average Bonchev–Trinajstić information content (AvgIpc) is 2.40. The first-order chi connectivity index (χ1) is 9.46. The Hall–Kier alpha value is -1.60. The SMILES string of the molecule is CS(=O)(=O)Nc1ccccc1NC(=O)[C@H]1CCCNC1. The third kappa shape index (κ3) is 4.21. The van der Waals surface area contributed by atoms with Crippen LogP contribution in [0.4, 0.5) is 11.4 Å². The lowest BCUT2D eigenvalue weighted by Gasteiger charge is -2.22. The number of sulfonamides is 1. The van der Waals surface area contributed by atoms with Crippen molar-refractivity contribution in [2.24, 2.45) is 5.92 Å².